The first kappa shape index (κ1) is 14.6. The van der Waals surface area contributed by atoms with Gasteiger partial charge in [0, 0.05) is 25.4 Å². The van der Waals surface area contributed by atoms with Crippen LogP contribution < -0.4 is 0 Å². The molecule has 2 atom stereocenters. The molecule has 1 aliphatic rings. The average Bonchev–Trinajstić information content (AvgIpc) is 3.07. The summed E-state index contributed by atoms with van der Waals surface area (Å²) in [6, 6.07) is 2.41. The third-order valence-corrected chi connectivity index (χ3v) is 3.78. The standard InChI is InChI=1S/C15H15F2N3O2/c1-19-7-13(18-8-19)15(22)20-6-10(21)5-14(20)11-4-9(16)2-3-12(11)17/h2-4,7-8,10,14,21H,5-6H2,1H3/t10-,14+/m1/s1. The minimum Gasteiger partial charge on any atom is -0.391 e. The molecule has 5 nitrogen and oxygen atoms in total. The number of aliphatic hydroxyl groups excluding tert-OH is 1. The molecule has 0 radical (unpaired) electrons. The Labute approximate surface area is 125 Å². The molecule has 0 bridgehead atoms. The minimum atomic E-state index is -0.777. The summed E-state index contributed by atoms with van der Waals surface area (Å²) in [6.45, 7) is 0.0655. The number of rotatable bonds is 2. The number of benzene rings is 1. The van der Waals surface area contributed by atoms with Gasteiger partial charge in [-0.05, 0) is 24.6 Å². The van der Waals surface area contributed by atoms with E-state index in [1.165, 1.54) is 11.2 Å². The Hall–Kier alpha value is -2.28. The molecule has 7 heteroatoms. The molecule has 1 N–H and O–H groups in total. The molecule has 22 heavy (non-hydrogen) atoms. The first-order chi connectivity index (χ1) is 10.5. The third kappa shape index (κ3) is 2.59. The largest absolute Gasteiger partial charge is 0.391 e. The number of halogens is 2. The quantitative estimate of drug-likeness (QED) is 0.918. The normalized spacial score (nSPS) is 21.4. The fourth-order valence-corrected chi connectivity index (χ4v) is 2.77. The van der Waals surface area contributed by atoms with Gasteiger partial charge < -0.3 is 14.6 Å². The Morgan fingerprint density at radius 3 is 2.86 bits per heavy atom. The smallest absolute Gasteiger partial charge is 0.274 e. The number of carbonyl (C=O) groups is 1. The van der Waals surface area contributed by atoms with Gasteiger partial charge in [0.05, 0.1) is 18.5 Å². The van der Waals surface area contributed by atoms with Gasteiger partial charge in [-0.25, -0.2) is 13.8 Å². The third-order valence-electron chi connectivity index (χ3n) is 3.78. The summed E-state index contributed by atoms with van der Waals surface area (Å²) in [5.41, 5.74) is 0.277. The number of nitrogens with zero attached hydrogens (tertiary/aromatic N) is 3. The highest BCUT2D eigenvalue weighted by molar-refractivity contribution is 5.92. The number of amides is 1. The lowest BCUT2D eigenvalue weighted by molar-refractivity contribution is 0.0708. The summed E-state index contributed by atoms with van der Waals surface area (Å²) < 4.78 is 29.0. The van der Waals surface area contributed by atoms with Crippen molar-refractivity contribution in [2.75, 3.05) is 6.54 Å². The van der Waals surface area contributed by atoms with Crippen LogP contribution >= 0.6 is 0 Å². The van der Waals surface area contributed by atoms with E-state index in [1.807, 2.05) is 0 Å². The number of hydrogen-bond acceptors (Lipinski definition) is 3. The zero-order valence-corrected chi connectivity index (χ0v) is 11.9. The Bertz CT molecular complexity index is 717. The van der Waals surface area contributed by atoms with Crippen molar-refractivity contribution in [1.29, 1.82) is 0 Å². The first-order valence-corrected chi connectivity index (χ1v) is 6.87. The van der Waals surface area contributed by atoms with E-state index in [0.717, 1.165) is 18.2 Å². The van der Waals surface area contributed by atoms with Crippen LogP contribution in [0.25, 0.3) is 0 Å². The van der Waals surface area contributed by atoms with Crippen LogP contribution in [0.4, 0.5) is 8.78 Å². The highest BCUT2D eigenvalue weighted by Crippen LogP contribution is 2.34. The van der Waals surface area contributed by atoms with Gasteiger partial charge in [-0.3, -0.25) is 4.79 Å². The molecule has 0 unspecified atom stereocenters. The van der Waals surface area contributed by atoms with Gasteiger partial charge in [0.1, 0.15) is 17.3 Å². The van der Waals surface area contributed by atoms with Crippen LogP contribution in [0, 0.1) is 11.6 Å². The molecule has 2 aromatic rings. The number of hydrogen-bond donors (Lipinski definition) is 1. The van der Waals surface area contributed by atoms with E-state index < -0.39 is 29.7 Å². The zero-order chi connectivity index (χ0) is 15.9. The molecule has 3 rings (SSSR count). The lowest BCUT2D eigenvalue weighted by atomic mass is 10.0. The van der Waals surface area contributed by atoms with Gasteiger partial charge in [-0.2, -0.15) is 0 Å². The molecule has 1 amide bonds. The number of imidazole rings is 1. The fraction of sp³-hybridized carbons (Fsp3) is 0.333. The maximum Gasteiger partial charge on any atom is 0.274 e. The molecule has 0 saturated carbocycles. The van der Waals surface area contributed by atoms with Crippen LogP contribution in [0.2, 0.25) is 0 Å². The van der Waals surface area contributed by atoms with Gasteiger partial charge in [0.25, 0.3) is 5.91 Å². The average molecular weight is 307 g/mol. The van der Waals surface area contributed by atoms with Crippen molar-refractivity contribution in [3.63, 3.8) is 0 Å². The van der Waals surface area contributed by atoms with Crippen molar-refractivity contribution >= 4 is 5.91 Å². The molecule has 1 aromatic carbocycles. The van der Waals surface area contributed by atoms with E-state index in [2.05, 4.69) is 4.98 Å². The summed E-state index contributed by atoms with van der Waals surface area (Å²) in [7, 11) is 1.73. The van der Waals surface area contributed by atoms with E-state index in [0.29, 0.717) is 0 Å². The summed E-state index contributed by atoms with van der Waals surface area (Å²) in [6.07, 6.45) is 2.42. The summed E-state index contributed by atoms with van der Waals surface area (Å²) in [5, 5.41) is 9.86. The van der Waals surface area contributed by atoms with Gasteiger partial charge >= 0.3 is 0 Å². The highest BCUT2D eigenvalue weighted by Gasteiger charge is 2.37. The lowest BCUT2D eigenvalue weighted by Gasteiger charge is -2.24. The fourth-order valence-electron chi connectivity index (χ4n) is 2.77. The molecule has 0 spiro atoms. The Kier molecular flexibility index (Phi) is 3.66. The van der Waals surface area contributed by atoms with Crippen molar-refractivity contribution in [3.8, 4) is 0 Å². The molecular weight excluding hydrogens is 292 g/mol. The van der Waals surface area contributed by atoms with Crippen LogP contribution in [0.5, 0.6) is 0 Å². The number of aryl methyl sites for hydroxylation is 1. The van der Waals surface area contributed by atoms with Crippen molar-refractivity contribution in [2.24, 2.45) is 7.05 Å². The van der Waals surface area contributed by atoms with Crippen LogP contribution in [0.3, 0.4) is 0 Å². The molecule has 1 aliphatic heterocycles. The van der Waals surface area contributed by atoms with Gasteiger partial charge in [-0.15, -0.1) is 0 Å². The second kappa shape index (κ2) is 5.49. The SMILES string of the molecule is Cn1cnc(C(=O)N2C[C@H](O)C[C@H]2c2cc(F)ccc2F)c1. The van der Waals surface area contributed by atoms with Crippen LogP contribution in [0.1, 0.15) is 28.5 Å². The molecule has 2 heterocycles. The van der Waals surface area contributed by atoms with Crippen LogP contribution in [-0.2, 0) is 7.05 Å². The van der Waals surface area contributed by atoms with Gasteiger partial charge in [0.2, 0.25) is 0 Å². The summed E-state index contributed by atoms with van der Waals surface area (Å²) in [4.78, 5) is 17.8. The molecular formula is C15H15F2N3O2. The van der Waals surface area contributed by atoms with Crippen molar-refractivity contribution in [3.05, 3.63) is 53.6 Å². The van der Waals surface area contributed by atoms with Crippen molar-refractivity contribution in [1.82, 2.24) is 14.5 Å². The maximum absolute atomic E-state index is 14.0. The monoisotopic (exact) mass is 307 g/mol. The number of β-amino-alcohol motifs (C(OH)–C–C–N with tert-alkyl or cyclic N) is 1. The molecule has 1 saturated heterocycles. The Morgan fingerprint density at radius 1 is 1.41 bits per heavy atom. The summed E-state index contributed by atoms with van der Waals surface area (Å²) >= 11 is 0. The van der Waals surface area contributed by atoms with E-state index >= 15 is 0 Å². The first-order valence-electron chi connectivity index (χ1n) is 6.87. The molecule has 116 valence electrons. The Balaban J connectivity index is 1.95. The zero-order valence-electron chi connectivity index (χ0n) is 11.9. The van der Waals surface area contributed by atoms with E-state index in [4.69, 9.17) is 0 Å². The second-order valence-corrected chi connectivity index (χ2v) is 5.45. The topological polar surface area (TPSA) is 58.4 Å². The number of likely N-dealkylation sites (tertiary alicyclic amines) is 1. The molecule has 1 fully saturated rings. The van der Waals surface area contributed by atoms with Crippen molar-refractivity contribution in [2.45, 2.75) is 18.6 Å². The number of aromatic nitrogens is 2. The summed E-state index contributed by atoms with van der Waals surface area (Å²) in [5.74, 6) is -1.59. The van der Waals surface area contributed by atoms with Crippen molar-refractivity contribution < 1.29 is 18.7 Å². The molecule has 1 aromatic heterocycles. The maximum atomic E-state index is 14.0. The van der Waals surface area contributed by atoms with E-state index in [1.54, 1.807) is 17.8 Å². The lowest BCUT2D eigenvalue weighted by Crippen LogP contribution is -2.32. The van der Waals surface area contributed by atoms with E-state index in [-0.39, 0.29) is 24.2 Å². The van der Waals surface area contributed by atoms with Gasteiger partial charge in [0.15, 0.2) is 0 Å². The minimum absolute atomic E-state index is 0.0655. The number of carbonyl (C=O) groups excluding carboxylic acids is 1. The predicted molar refractivity (Wildman–Crippen MR) is 74.0 cm³/mol. The molecule has 0 aliphatic carbocycles. The Morgan fingerprint density at radius 2 is 2.18 bits per heavy atom. The van der Waals surface area contributed by atoms with E-state index in [9.17, 15) is 18.7 Å². The highest BCUT2D eigenvalue weighted by atomic mass is 19.1. The number of aliphatic hydroxyl groups is 1. The second-order valence-electron chi connectivity index (χ2n) is 5.45. The van der Waals surface area contributed by atoms with Crippen LogP contribution in [0.15, 0.2) is 30.7 Å². The van der Waals surface area contributed by atoms with Crippen LogP contribution in [-0.4, -0.2) is 38.1 Å². The van der Waals surface area contributed by atoms with Gasteiger partial charge in [-0.1, -0.05) is 0 Å². The predicted octanol–water partition coefficient (Wildman–Crippen LogP) is 1.65.